The summed E-state index contributed by atoms with van der Waals surface area (Å²) in [5.41, 5.74) is 1.53. The molecule has 0 spiro atoms. The van der Waals surface area contributed by atoms with Crippen molar-refractivity contribution < 1.29 is 19.1 Å². The fourth-order valence-electron chi connectivity index (χ4n) is 4.85. The van der Waals surface area contributed by atoms with E-state index in [1.165, 1.54) is 6.42 Å². The van der Waals surface area contributed by atoms with Crippen LogP contribution in [0.2, 0.25) is 10.0 Å². The minimum Gasteiger partial charge on any atom is -0.497 e. The van der Waals surface area contributed by atoms with Gasteiger partial charge in [0.25, 0.3) is 5.91 Å². The van der Waals surface area contributed by atoms with Gasteiger partial charge in [0.05, 0.1) is 7.11 Å². The molecule has 1 N–H and O–H groups in total. The number of amides is 2. The fourth-order valence-corrected chi connectivity index (χ4v) is 5.37. The Morgan fingerprint density at radius 1 is 0.897 bits per heavy atom. The lowest BCUT2D eigenvalue weighted by Gasteiger charge is -2.33. The first-order chi connectivity index (χ1) is 18.9. The van der Waals surface area contributed by atoms with Gasteiger partial charge >= 0.3 is 0 Å². The number of nitrogens with zero attached hydrogens (tertiary/aromatic N) is 1. The highest BCUT2D eigenvalue weighted by molar-refractivity contribution is 6.36. The fraction of sp³-hybridized carbons (Fsp3) is 0.355. The lowest BCUT2D eigenvalue weighted by atomic mass is 9.94. The van der Waals surface area contributed by atoms with E-state index in [9.17, 15) is 9.59 Å². The molecule has 1 atom stereocenters. The number of nitrogens with one attached hydrogen (secondary N) is 1. The van der Waals surface area contributed by atoms with Crippen LogP contribution in [-0.4, -0.2) is 42.5 Å². The van der Waals surface area contributed by atoms with Gasteiger partial charge in [-0.15, -0.1) is 0 Å². The van der Waals surface area contributed by atoms with Crippen LogP contribution in [0.1, 0.15) is 43.2 Å². The molecule has 3 aromatic carbocycles. The van der Waals surface area contributed by atoms with Crippen LogP contribution in [0.15, 0.2) is 72.8 Å². The van der Waals surface area contributed by atoms with Crippen molar-refractivity contribution in [3.63, 3.8) is 0 Å². The van der Waals surface area contributed by atoms with E-state index in [0.29, 0.717) is 33.5 Å². The first kappa shape index (κ1) is 28.8. The van der Waals surface area contributed by atoms with Gasteiger partial charge in [-0.3, -0.25) is 9.59 Å². The number of hydrogen-bond donors (Lipinski definition) is 1. The van der Waals surface area contributed by atoms with Gasteiger partial charge < -0.3 is 19.7 Å². The minimum absolute atomic E-state index is 0.0684. The third kappa shape index (κ3) is 8.13. The molecule has 3 aromatic rings. The quantitative estimate of drug-likeness (QED) is 0.288. The van der Waals surface area contributed by atoms with E-state index in [1.807, 2.05) is 30.3 Å². The normalized spacial score (nSPS) is 14.3. The highest BCUT2D eigenvalue weighted by Crippen LogP contribution is 2.28. The van der Waals surface area contributed by atoms with Gasteiger partial charge in [-0.1, -0.05) is 78.9 Å². The zero-order valence-electron chi connectivity index (χ0n) is 22.1. The summed E-state index contributed by atoms with van der Waals surface area (Å²) >= 11 is 13.0. The third-order valence-electron chi connectivity index (χ3n) is 7.03. The predicted molar refractivity (Wildman–Crippen MR) is 154 cm³/mol. The lowest BCUT2D eigenvalue weighted by Crippen LogP contribution is -2.53. The summed E-state index contributed by atoms with van der Waals surface area (Å²) in [4.78, 5) is 29.2. The molecular weight excluding hydrogens is 535 g/mol. The maximum atomic E-state index is 13.8. The second-order valence-corrected chi connectivity index (χ2v) is 10.5. The summed E-state index contributed by atoms with van der Waals surface area (Å²) in [6.45, 7) is -0.185. The van der Waals surface area contributed by atoms with Crippen molar-refractivity contribution in [3.05, 3.63) is 94.0 Å². The predicted octanol–water partition coefficient (Wildman–Crippen LogP) is 6.47. The minimum atomic E-state index is -0.784. The summed E-state index contributed by atoms with van der Waals surface area (Å²) in [7, 11) is 1.59. The van der Waals surface area contributed by atoms with E-state index < -0.39 is 6.04 Å². The Labute approximate surface area is 240 Å². The molecule has 6 nitrogen and oxygen atoms in total. The van der Waals surface area contributed by atoms with Crippen molar-refractivity contribution >= 4 is 35.0 Å². The molecule has 2 amide bonds. The van der Waals surface area contributed by atoms with E-state index in [1.54, 1.807) is 54.5 Å². The summed E-state index contributed by atoms with van der Waals surface area (Å²) in [6.07, 6.45) is 5.57. The lowest BCUT2D eigenvalue weighted by molar-refractivity contribution is -0.143. The Hall–Kier alpha value is -3.22. The first-order valence-corrected chi connectivity index (χ1v) is 14.0. The van der Waals surface area contributed by atoms with Crippen LogP contribution >= 0.6 is 23.2 Å². The molecule has 0 aromatic heterocycles. The van der Waals surface area contributed by atoms with E-state index in [-0.39, 0.29) is 31.0 Å². The first-order valence-electron chi connectivity index (χ1n) is 13.3. The smallest absolute Gasteiger partial charge is 0.261 e. The molecule has 0 radical (unpaired) electrons. The maximum Gasteiger partial charge on any atom is 0.261 e. The number of carbonyl (C=O) groups is 2. The van der Waals surface area contributed by atoms with Gasteiger partial charge in [-0.2, -0.15) is 0 Å². The van der Waals surface area contributed by atoms with Gasteiger partial charge in [0.1, 0.15) is 17.5 Å². The number of ether oxygens (including phenoxy) is 2. The summed E-state index contributed by atoms with van der Waals surface area (Å²) in [5, 5.41) is 4.09. The van der Waals surface area contributed by atoms with Crippen molar-refractivity contribution in [2.24, 2.45) is 0 Å². The standard InChI is InChI=1S/C31H34Cl2N2O4/c1-38-24-15-17-25(18-16-24)39-21-30(36)35(20-26-27(32)13-8-14-28(26)33)29(19-22-9-4-2-5-10-22)31(37)34-23-11-6-3-7-12-23/h2,4-5,8-10,13-18,23,29H,3,6-7,11-12,19-21H2,1H3,(H,34,37)/t29-/m0/s1. The third-order valence-corrected chi connectivity index (χ3v) is 7.74. The molecule has 0 unspecified atom stereocenters. The van der Waals surface area contributed by atoms with Crippen molar-refractivity contribution in [3.8, 4) is 11.5 Å². The van der Waals surface area contributed by atoms with Crippen LogP contribution in [0.3, 0.4) is 0 Å². The van der Waals surface area contributed by atoms with Crippen LogP contribution in [0.25, 0.3) is 0 Å². The Kier molecular flexibility index (Phi) is 10.5. The van der Waals surface area contributed by atoms with Crippen molar-refractivity contribution in [2.75, 3.05) is 13.7 Å². The van der Waals surface area contributed by atoms with E-state index in [4.69, 9.17) is 32.7 Å². The van der Waals surface area contributed by atoms with Crippen LogP contribution in [0.5, 0.6) is 11.5 Å². The molecule has 0 aliphatic heterocycles. The average Bonchev–Trinajstić information content (AvgIpc) is 2.96. The molecule has 1 aliphatic rings. The van der Waals surface area contributed by atoms with Crippen molar-refractivity contribution in [2.45, 2.75) is 57.2 Å². The monoisotopic (exact) mass is 568 g/mol. The summed E-state index contributed by atoms with van der Waals surface area (Å²) in [5.74, 6) is 0.672. The zero-order chi connectivity index (χ0) is 27.6. The number of carbonyl (C=O) groups excluding carboxylic acids is 2. The number of methoxy groups -OCH3 is 1. The molecule has 4 rings (SSSR count). The SMILES string of the molecule is COc1ccc(OCC(=O)N(Cc2c(Cl)cccc2Cl)[C@@H](Cc2ccccc2)C(=O)NC2CCCCC2)cc1. The molecule has 1 saturated carbocycles. The number of halogens is 2. The van der Waals surface area contributed by atoms with Crippen LogP contribution in [0, 0.1) is 0 Å². The number of rotatable bonds is 11. The molecule has 0 heterocycles. The Morgan fingerprint density at radius 3 is 2.18 bits per heavy atom. The Bertz CT molecular complexity index is 1210. The van der Waals surface area contributed by atoms with Crippen LogP contribution in [0.4, 0.5) is 0 Å². The molecule has 8 heteroatoms. The van der Waals surface area contributed by atoms with Crippen molar-refractivity contribution in [1.29, 1.82) is 0 Å². The van der Waals surface area contributed by atoms with Gasteiger partial charge in [0.15, 0.2) is 6.61 Å². The number of benzene rings is 3. The topological polar surface area (TPSA) is 67.9 Å². The summed E-state index contributed by atoms with van der Waals surface area (Å²) < 4.78 is 11.0. The largest absolute Gasteiger partial charge is 0.497 e. The maximum absolute atomic E-state index is 13.8. The molecule has 39 heavy (non-hydrogen) atoms. The second-order valence-electron chi connectivity index (χ2n) is 9.74. The summed E-state index contributed by atoms with van der Waals surface area (Å²) in [6, 6.07) is 21.2. The van der Waals surface area contributed by atoms with Gasteiger partial charge in [-0.25, -0.2) is 0 Å². The molecular formula is C31H34Cl2N2O4. The van der Waals surface area contributed by atoms with E-state index >= 15 is 0 Å². The van der Waals surface area contributed by atoms with Crippen LogP contribution < -0.4 is 14.8 Å². The van der Waals surface area contributed by atoms with Crippen LogP contribution in [-0.2, 0) is 22.6 Å². The highest BCUT2D eigenvalue weighted by atomic mass is 35.5. The zero-order valence-corrected chi connectivity index (χ0v) is 23.6. The van der Waals surface area contributed by atoms with E-state index in [0.717, 1.165) is 31.2 Å². The number of hydrogen-bond acceptors (Lipinski definition) is 4. The second kappa shape index (κ2) is 14.2. The van der Waals surface area contributed by atoms with E-state index in [2.05, 4.69) is 5.32 Å². The highest BCUT2D eigenvalue weighted by Gasteiger charge is 2.33. The Balaban J connectivity index is 1.63. The average molecular weight is 570 g/mol. The molecule has 0 bridgehead atoms. The molecule has 206 valence electrons. The molecule has 1 aliphatic carbocycles. The van der Waals surface area contributed by atoms with Gasteiger partial charge in [0.2, 0.25) is 5.91 Å². The van der Waals surface area contributed by atoms with Gasteiger partial charge in [0, 0.05) is 34.6 Å². The van der Waals surface area contributed by atoms with Gasteiger partial charge in [-0.05, 0) is 54.8 Å². The molecule has 1 fully saturated rings. The van der Waals surface area contributed by atoms with Crippen molar-refractivity contribution in [1.82, 2.24) is 10.2 Å². The Morgan fingerprint density at radius 2 is 1.54 bits per heavy atom. The molecule has 0 saturated heterocycles.